The van der Waals surface area contributed by atoms with Crippen LogP contribution >= 0.6 is 11.6 Å². The molecule has 0 spiro atoms. The van der Waals surface area contributed by atoms with Crippen LogP contribution in [0.25, 0.3) is 0 Å². The lowest BCUT2D eigenvalue weighted by Gasteiger charge is -2.12. The van der Waals surface area contributed by atoms with E-state index in [0.29, 0.717) is 6.07 Å². The Labute approximate surface area is 168 Å². The number of halogens is 4. The Balaban J connectivity index is 1.93. The van der Waals surface area contributed by atoms with Crippen molar-refractivity contribution < 1.29 is 26.3 Å². The summed E-state index contributed by atoms with van der Waals surface area (Å²) in [6.07, 6.45) is 0.831. The van der Waals surface area contributed by atoms with Gasteiger partial charge in [0.2, 0.25) is 0 Å². The van der Waals surface area contributed by atoms with Gasteiger partial charge in [-0.05, 0) is 30.3 Å². The third kappa shape index (κ3) is 4.59. The summed E-state index contributed by atoms with van der Waals surface area (Å²) in [5.41, 5.74) is -0.235. The normalized spacial score (nSPS) is 11.0. The molecule has 3 aromatic rings. The standard InChI is InChI=1S/C18H9ClF3N3O3S/c19-18-14(22)6-12(21)7-16(18)28-15-3-2-13(5-10(15)8-23)29(26,27)25-17-4-1-11(20)9-24-17/h1-7,9H,(H,24,25). The Morgan fingerprint density at radius 2 is 1.79 bits per heavy atom. The molecule has 0 bridgehead atoms. The molecule has 1 N–H and O–H groups in total. The zero-order valence-electron chi connectivity index (χ0n) is 14.2. The van der Waals surface area contributed by atoms with E-state index in [0.717, 1.165) is 42.6 Å². The van der Waals surface area contributed by atoms with Crippen molar-refractivity contribution in [3.63, 3.8) is 0 Å². The molecular weight excluding hydrogens is 431 g/mol. The number of anilines is 1. The van der Waals surface area contributed by atoms with Crippen LogP contribution in [0.4, 0.5) is 19.0 Å². The van der Waals surface area contributed by atoms with E-state index in [1.54, 1.807) is 6.07 Å². The molecule has 0 unspecified atom stereocenters. The van der Waals surface area contributed by atoms with Gasteiger partial charge in [0, 0.05) is 12.1 Å². The summed E-state index contributed by atoms with van der Waals surface area (Å²) in [5, 5.41) is 8.80. The summed E-state index contributed by atoms with van der Waals surface area (Å²) in [6.45, 7) is 0. The van der Waals surface area contributed by atoms with Gasteiger partial charge in [0.1, 0.15) is 40.1 Å². The molecule has 6 nitrogen and oxygen atoms in total. The number of ether oxygens (including phenoxy) is 1. The van der Waals surface area contributed by atoms with E-state index in [1.807, 2.05) is 0 Å². The van der Waals surface area contributed by atoms with Crippen molar-refractivity contribution in [3.05, 3.63) is 76.7 Å². The van der Waals surface area contributed by atoms with Crippen molar-refractivity contribution in [2.75, 3.05) is 4.72 Å². The average Bonchev–Trinajstić information content (AvgIpc) is 2.67. The van der Waals surface area contributed by atoms with E-state index in [1.165, 1.54) is 0 Å². The molecule has 0 saturated carbocycles. The average molecular weight is 440 g/mol. The van der Waals surface area contributed by atoms with E-state index < -0.39 is 32.5 Å². The van der Waals surface area contributed by atoms with E-state index >= 15 is 0 Å². The number of aromatic nitrogens is 1. The third-order valence-corrected chi connectivity index (χ3v) is 5.25. The second-order valence-corrected chi connectivity index (χ2v) is 7.60. The third-order valence-electron chi connectivity index (χ3n) is 3.53. The van der Waals surface area contributed by atoms with Gasteiger partial charge in [-0.2, -0.15) is 5.26 Å². The van der Waals surface area contributed by atoms with Crippen LogP contribution in [-0.2, 0) is 10.0 Å². The molecule has 0 radical (unpaired) electrons. The molecule has 11 heteroatoms. The van der Waals surface area contributed by atoms with Gasteiger partial charge in [-0.3, -0.25) is 4.72 Å². The molecule has 3 rings (SSSR count). The second-order valence-electron chi connectivity index (χ2n) is 5.54. The lowest BCUT2D eigenvalue weighted by molar-refractivity contribution is 0.467. The summed E-state index contributed by atoms with van der Waals surface area (Å²) in [4.78, 5) is 3.27. The number of nitrogens with zero attached hydrogens (tertiary/aromatic N) is 2. The van der Waals surface area contributed by atoms with Crippen molar-refractivity contribution in [1.82, 2.24) is 4.98 Å². The van der Waals surface area contributed by atoms with Gasteiger partial charge < -0.3 is 4.74 Å². The first-order valence-corrected chi connectivity index (χ1v) is 9.56. The van der Waals surface area contributed by atoms with Gasteiger partial charge in [0.25, 0.3) is 10.0 Å². The minimum atomic E-state index is -4.16. The first kappa shape index (κ1) is 20.4. The maximum atomic E-state index is 13.5. The number of rotatable bonds is 5. The molecule has 2 aromatic carbocycles. The largest absolute Gasteiger partial charge is 0.454 e. The lowest BCUT2D eigenvalue weighted by atomic mass is 10.2. The molecule has 0 atom stereocenters. The zero-order chi connectivity index (χ0) is 21.2. The van der Waals surface area contributed by atoms with E-state index in [2.05, 4.69) is 9.71 Å². The number of hydrogen-bond acceptors (Lipinski definition) is 5. The first-order chi connectivity index (χ1) is 13.7. The first-order valence-electron chi connectivity index (χ1n) is 7.70. The number of nitrogens with one attached hydrogen (secondary N) is 1. The smallest absolute Gasteiger partial charge is 0.263 e. The van der Waals surface area contributed by atoms with E-state index in [-0.39, 0.29) is 27.8 Å². The molecule has 0 aliphatic heterocycles. The summed E-state index contributed by atoms with van der Waals surface area (Å²) in [7, 11) is -4.16. The maximum absolute atomic E-state index is 13.5. The van der Waals surface area contributed by atoms with Gasteiger partial charge in [-0.1, -0.05) is 11.6 Å². The lowest BCUT2D eigenvalue weighted by Crippen LogP contribution is -2.14. The fourth-order valence-electron chi connectivity index (χ4n) is 2.21. The Hall–Kier alpha value is -3.29. The SMILES string of the molecule is N#Cc1cc(S(=O)(=O)Nc2ccc(F)cn2)ccc1Oc1cc(F)cc(F)c1Cl. The van der Waals surface area contributed by atoms with Gasteiger partial charge in [-0.25, -0.2) is 26.6 Å². The minimum absolute atomic E-state index is 0.132. The molecule has 0 aliphatic rings. The summed E-state index contributed by atoms with van der Waals surface area (Å²) >= 11 is 5.73. The number of hydrogen-bond donors (Lipinski definition) is 1. The van der Waals surface area contributed by atoms with Crippen molar-refractivity contribution in [3.8, 4) is 17.6 Å². The molecule has 0 saturated heterocycles. The zero-order valence-corrected chi connectivity index (χ0v) is 15.7. The predicted molar refractivity (Wildman–Crippen MR) is 97.6 cm³/mol. The van der Waals surface area contributed by atoms with Crippen LogP contribution in [-0.4, -0.2) is 13.4 Å². The van der Waals surface area contributed by atoms with Crippen LogP contribution in [0, 0.1) is 28.8 Å². The predicted octanol–water partition coefficient (Wildman–Crippen LogP) is 4.62. The number of sulfonamides is 1. The molecule has 29 heavy (non-hydrogen) atoms. The van der Waals surface area contributed by atoms with Crippen molar-refractivity contribution in [2.24, 2.45) is 0 Å². The van der Waals surface area contributed by atoms with Crippen LogP contribution in [0.2, 0.25) is 5.02 Å². The van der Waals surface area contributed by atoms with Gasteiger partial charge >= 0.3 is 0 Å². The highest BCUT2D eigenvalue weighted by molar-refractivity contribution is 7.92. The molecule has 0 aliphatic carbocycles. The quantitative estimate of drug-likeness (QED) is 0.586. The number of pyridine rings is 1. The molecule has 0 amide bonds. The molecular formula is C18H9ClF3N3O3S. The monoisotopic (exact) mass is 439 g/mol. The minimum Gasteiger partial charge on any atom is -0.454 e. The van der Waals surface area contributed by atoms with E-state index in [9.17, 15) is 26.9 Å². The molecule has 148 valence electrons. The van der Waals surface area contributed by atoms with Crippen molar-refractivity contribution in [2.45, 2.75) is 4.90 Å². The van der Waals surface area contributed by atoms with Crippen molar-refractivity contribution in [1.29, 1.82) is 5.26 Å². The maximum Gasteiger partial charge on any atom is 0.263 e. The topological polar surface area (TPSA) is 92.1 Å². The summed E-state index contributed by atoms with van der Waals surface area (Å²) in [6, 6.07) is 8.48. The van der Waals surface area contributed by atoms with E-state index in [4.69, 9.17) is 16.3 Å². The van der Waals surface area contributed by atoms with Gasteiger partial charge in [-0.15, -0.1) is 0 Å². The van der Waals surface area contributed by atoms with Gasteiger partial charge in [0.05, 0.1) is 16.7 Å². The summed E-state index contributed by atoms with van der Waals surface area (Å²) in [5.74, 6) is -3.34. The Kier molecular flexibility index (Phi) is 5.63. The Morgan fingerprint density at radius 3 is 2.45 bits per heavy atom. The number of nitriles is 1. The van der Waals surface area contributed by atoms with Crippen molar-refractivity contribution >= 4 is 27.4 Å². The molecule has 0 fully saturated rings. The highest BCUT2D eigenvalue weighted by Gasteiger charge is 2.19. The second kappa shape index (κ2) is 7.98. The summed E-state index contributed by atoms with van der Waals surface area (Å²) < 4.78 is 72.1. The van der Waals surface area contributed by atoms with Crippen LogP contribution in [0.1, 0.15) is 5.56 Å². The van der Waals surface area contributed by atoms with Crippen LogP contribution in [0.3, 0.4) is 0 Å². The van der Waals surface area contributed by atoms with Gasteiger partial charge in [0.15, 0.2) is 5.75 Å². The highest BCUT2D eigenvalue weighted by atomic mass is 35.5. The highest BCUT2D eigenvalue weighted by Crippen LogP contribution is 2.34. The van der Waals surface area contributed by atoms with Crippen LogP contribution in [0.5, 0.6) is 11.5 Å². The van der Waals surface area contributed by atoms with Crippen LogP contribution in [0.15, 0.2) is 53.6 Å². The Morgan fingerprint density at radius 1 is 1.03 bits per heavy atom. The van der Waals surface area contributed by atoms with Crippen LogP contribution < -0.4 is 9.46 Å². The fourth-order valence-corrected chi connectivity index (χ4v) is 3.39. The fraction of sp³-hybridized carbons (Fsp3) is 0. The molecule has 1 heterocycles. The molecule has 1 aromatic heterocycles. The Bertz CT molecular complexity index is 1230. The number of benzene rings is 2.